The molecule has 15 heavy (non-hydrogen) atoms. The van der Waals surface area contributed by atoms with Gasteiger partial charge in [0.1, 0.15) is 0 Å². The van der Waals surface area contributed by atoms with Crippen LogP contribution >= 0.6 is 11.6 Å². The number of halogens is 1. The normalized spacial score (nSPS) is 15.6. The molecular formula is C12H17ClN2. The van der Waals surface area contributed by atoms with Crippen molar-refractivity contribution in [2.75, 3.05) is 18.0 Å². The van der Waals surface area contributed by atoms with E-state index in [1.54, 1.807) is 0 Å². The highest BCUT2D eigenvalue weighted by atomic mass is 35.5. The second-order valence-corrected chi connectivity index (χ2v) is 5.30. The topological polar surface area (TPSA) is 29.3 Å². The second kappa shape index (κ2) is 3.69. The maximum Gasteiger partial charge on any atom is 0.0459 e. The van der Waals surface area contributed by atoms with Gasteiger partial charge in [0.15, 0.2) is 0 Å². The van der Waals surface area contributed by atoms with E-state index < -0.39 is 0 Å². The van der Waals surface area contributed by atoms with Gasteiger partial charge in [-0.25, -0.2) is 0 Å². The lowest BCUT2D eigenvalue weighted by Gasteiger charge is -2.28. The predicted molar refractivity (Wildman–Crippen MR) is 65.6 cm³/mol. The first kappa shape index (κ1) is 10.8. The lowest BCUT2D eigenvalue weighted by atomic mass is 10.1. The van der Waals surface area contributed by atoms with E-state index in [0.29, 0.717) is 0 Å². The van der Waals surface area contributed by atoms with Crippen LogP contribution in [0.3, 0.4) is 0 Å². The Balaban J connectivity index is 2.26. The number of benzene rings is 1. The summed E-state index contributed by atoms with van der Waals surface area (Å²) in [6, 6.07) is 6.08. The first-order valence-corrected chi connectivity index (χ1v) is 5.66. The number of nitrogens with two attached hydrogens (primary N) is 1. The summed E-state index contributed by atoms with van der Waals surface area (Å²) < 4.78 is 0. The standard InChI is InChI=1S/C12H17ClN2/c1-12(2,14)8-15-7-6-9-10(13)4-3-5-11(9)15/h3-5H,6-8,14H2,1-2H3. The molecule has 1 aromatic rings. The summed E-state index contributed by atoms with van der Waals surface area (Å²) in [6.07, 6.45) is 1.03. The van der Waals surface area contributed by atoms with Gasteiger partial charge in [0.25, 0.3) is 0 Å². The van der Waals surface area contributed by atoms with Crippen molar-refractivity contribution in [3.8, 4) is 0 Å². The van der Waals surface area contributed by atoms with Crippen molar-refractivity contribution in [2.45, 2.75) is 25.8 Å². The molecule has 0 spiro atoms. The van der Waals surface area contributed by atoms with Gasteiger partial charge in [-0.1, -0.05) is 17.7 Å². The predicted octanol–water partition coefficient (Wildman–Crippen LogP) is 2.44. The van der Waals surface area contributed by atoms with E-state index in [4.69, 9.17) is 17.3 Å². The van der Waals surface area contributed by atoms with Crippen LogP contribution in [-0.2, 0) is 6.42 Å². The third-order valence-electron chi connectivity index (χ3n) is 2.66. The monoisotopic (exact) mass is 224 g/mol. The third kappa shape index (κ3) is 2.27. The Kier molecular flexibility index (Phi) is 2.65. The van der Waals surface area contributed by atoms with Crippen molar-refractivity contribution in [1.29, 1.82) is 0 Å². The molecule has 0 unspecified atom stereocenters. The van der Waals surface area contributed by atoms with Crippen LogP contribution in [-0.4, -0.2) is 18.6 Å². The zero-order chi connectivity index (χ0) is 11.1. The van der Waals surface area contributed by atoms with E-state index >= 15 is 0 Å². The Labute approximate surface area is 96.0 Å². The lowest BCUT2D eigenvalue weighted by Crippen LogP contribution is -2.44. The molecule has 2 nitrogen and oxygen atoms in total. The smallest absolute Gasteiger partial charge is 0.0459 e. The Morgan fingerprint density at radius 3 is 2.87 bits per heavy atom. The SMILES string of the molecule is CC(C)(N)CN1CCc2c(Cl)cccc21. The summed E-state index contributed by atoms with van der Waals surface area (Å²) in [5, 5.41) is 0.879. The molecule has 2 N–H and O–H groups in total. The molecule has 0 aliphatic carbocycles. The summed E-state index contributed by atoms with van der Waals surface area (Å²) >= 11 is 6.15. The number of anilines is 1. The molecule has 0 saturated carbocycles. The molecule has 82 valence electrons. The summed E-state index contributed by atoms with van der Waals surface area (Å²) in [6.45, 7) is 6.01. The lowest BCUT2D eigenvalue weighted by molar-refractivity contribution is 0.511. The average molecular weight is 225 g/mol. The average Bonchev–Trinajstić information content (AvgIpc) is 2.48. The van der Waals surface area contributed by atoms with Crippen molar-refractivity contribution >= 4 is 17.3 Å². The van der Waals surface area contributed by atoms with Crippen molar-refractivity contribution in [2.24, 2.45) is 5.73 Å². The van der Waals surface area contributed by atoms with Gasteiger partial charge in [-0.05, 0) is 38.0 Å². The maximum absolute atomic E-state index is 6.15. The number of fused-ring (bicyclic) bond motifs is 1. The fraction of sp³-hybridized carbons (Fsp3) is 0.500. The van der Waals surface area contributed by atoms with Gasteiger partial charge in [-0.3, -0.25) is 0 Å². The van der Waals surface area contributed by atoms with Crippen LogP contribution in [0, 0.1) is 0 Å². The molecule has 1 aliphatic rings. The fourth-order valence-corrected chi connectivity index (χ4v) is 2.38. The molecule has 0 atom stereocenters. The van der Waals surface area contributed by atoms with E-state index in [1.807, 2.05) is 12.1 Å². The van der Waals surface area contributed by atoms with Crippen LogP contribution in [0.15, 0.2) is 18.2 Å². The minimum atomic E-state index is -0.163. The van der Waals surface area contributed by atoms with E-state index in [-0.39, 0.29) is 5.54 Å². The highest BCUT2D eigenvalue weighted by molar-refractivity contribution is 6.31. The molecule has 2 rings (SSSR count). The van der Waals surface area contributed by atoms with Gasteiger partial charge in [-0.15, -0.1) is 0 Å². The van der Waals surface area contributed by atoms with Gasteiger partial charge in [-0.2, -0.15) is 0 Å². The van der Waals surface area contributed by atoms with Crippen LogP contribution in [0.25, 0.3) is 0 Å². The molecule has 0 amide bonds. The van der Waals surface area contributed by atoms with Gasteiger partial charge in [0.05, 0.1) is 0 Å². The Hall–Kier alpha value is -0.730. The van der Waals surface area contributed by atoms with E-state index in [0.717, 1.165) is 24.5 Å². The van der Waals surface area contributed by atoms with Gasteiger partial charge >= 0.3 is 0 Å². The Bertz CT molecular complexity index is 368. The highest BCUT2D eigenvalue weighted by Crippen LogP contribution is 2.33. The number of hydrogen-bond acceptors (Lipinski definition) is 2. The summed E-state index contributed by atoms with van der Waals surface area (Å²) in [5.74, 6) is 0. The molecule has 1 aromatic carbocycles. The summed E-state index contributed by atoms with van der Waals surface area (Å²) in [5.41, 5.74) is 8.39. The van der Waals surface area contributed by atoms with Crippen LogP contribution in [0.2, 0.25) is 5.02 Å². The first-order chi connectivity index (χ1) is 6.97. The largest absolute Gasteiger partial charge is 0.369 e. The summed E-state index contributed by atoms with van der Waals surface area (Å²) in [4.78, 5) is 2.32. The molecule has 3 heteroatoms. The van der Waals surface area contributed by atoms with Crippen LogP contribution in [0.4, 0.5) is 5.69 Å². The molecule has 0 bridgehead atoms. The molecular weight excluding hydrogens is 208 g/mol. The first-order valence-electron chi connectivity index (χ1n) is 5.28. The van der Waals surface area contributed by atoms with Crippen molar-refractivity contribution < 1.29 is 0 Å². The minimum Gasteiger partial charge on any atom is -0.369 e. The minimum absolute atomic E-state index is 0.163. The Morgan fingerprint density at radius 1 is 1.47 bits per heavy atom. The molecule has 0 radical (unpaired) electrons. The zero-order valence-electron chi connectivity index (χ0n) is 9.26. The quantitative estimate of drug-likeness (QED) is 0.836. The molecule has 1 heterocycles. The van der Waals surface area contributed by atoms with Crippen molar-refractivity contribution in [1.82, 2.24) is 0 Å². The highest BCUT2D eigenvalue weighted by Gasteiger charge is 2.24. The molecule has 0 fully saturated rings. The molecule has 0 saturated heterocycles. The van der Waals surface area contributed by atoms with Crippen molar-refractivity contribution in [3.63, 3.8) is 0 Å². The number of hydrogen-bond donors (Lipinski definition) is 1. The van der Waals surface area contributed by atoms with Gasteiger partial charge in [0.2, 0.25) is 0 Å². The van der Waals surface area contributed by atoms with Gasteiger partial charge in [0, 0.05) is 29.3 Å². The zero-order valence-corrected chi connectivity index (χ0v) is 10.0. The van der Waals surface area contributed by atoms with E-state index in [2.05, 4.69) is 24.8 Å². The number of rotatable bonds is 2. The van der Waals surface area contributed by atoms with E-state index in [9.17, 15) is 0 Å². The maximum atomic E-state index is 6.15. The molecule has 1 aliphatic heterocycles. The van der Waals surface area contributed by atoms with Crippen LogP contribution in [0.5, 0.6) is 0 Å². The van der Waals surface area contributed by atoms with Crippen LogP contribution in [0.1, 0.15) is 19.4 Å². The fourth-order valence-electron chi connectivity index (χ4n) is 2.11. The van der Waals surface area contributed by atoms with Crippen molar-refractivity contribution in [3.05, 3.63) is 28.8 Å². The molecule has 0 aromatic heterocycles. The van der Waals surface area contributed by atoms with Crippen LogP contribution < -0.4 is 10.6 Å². The summed E-state index contributed by atoms with van der Waals surface area (Å²) in [7, 11) is 0. The second-order valence-electron chi connectivity index (χ2n) is 4.90. The van der Waals surface area contributed by atoms with E-state index in [1.165, 1.54) is 11.3 Å². The number of nitrogens with zero attached hydrogens (tertiary/aromatic N) is 1. The van der Waals surface area contributed by atoms with Gasteiger partial charge < -0.3 is 10.6 Å². The Morgan fingerprint density at radius 2 is 2.20 bits per heavy atom. The third-order valence-corrected chi connectivity index (χ3v) is 3.02.